The Kier molecular flexibility index (Phi) is 22.6. The van der Waals surface area contributed by atoms with E-state index in [2.05, 4.69) is 40.4 Å². The molecule has 2 aromatic rings. The van der Waals surface area contributed by atoms with Gasteiger partial charge in [0, 0.05) is 82.2 Å². The number of azide groups is 1. The number of methoxy groups -OCH3 is 1. The van der Waals surface area contributed by atoms with Crippen LogP contribution in [0.25, 0.3) is 10.4 Å². The fourth-order valence-electron chi connectivity index (χ4n) is 13.9. The van der Waals surface area contributed by atoms with Crippen LogP contribution in [-0.2, 0) is 78.3 Å². The molecule has 3 N–H and O–H groups in total. The van der Waals surface area contributed by atoms with E-state index in [1.807, 2.05) is 6.07 Å². The molecular weight excluding hydrogens is 1160 g/mol. The molecule has 11 rings (SSSR count). The summed E-state index contributed by atoms with van der Waals surface area (Å²) in [6.45, 7) is 12.0. The molecular formula is C62H85N7O18S. The lowest BCUT2D eigenvalue weighted by atomic mass is 9.81. The lowest BCUT2D eigenvalue weighted by molar-refractivity contribution is -0.252. The lowest BCUT2D eigenvalue weighted by Gasteiger charge is -2.38. The van der Waals surface area contributed by atoms with Crippen LogP contribution in [0.3, 0.4) is 0 Å². The second-order valence-electron chi connectivity index (χ2n) is 24.5. The van der Waals surface area contributed by atoms with E-state index in [1.165, 1.54) is 18.3 Å². The highest BCUT2D eigenvalue weighted by Gasteiger charge is 2.66. The third-order valence-electron chi connectivity index (χ3n) is 18.4. The average Bonchev–Trinajstić information content (AvgIpc) is 1.59. The molecule has 1 aromatic carbocycles. The largest absolute Gasteiger partial charge is 0.445 e. The van der Waals surface area contributed by atoms with Crippen LogP contribution in [0.15, 0.2) is 77.0 Å². The number of Topliss-reactive ketones (excluding diaryl/α,β-unsaturated/α-hetero) is 1. The number of hydrogen-bond acceptors (Lipinski definition) is 21. The van der Waals surface area contributed by atoms with Crippen LogP contribution in [0.1, 0.15) is 108 Å². The van der Waals surface area contributed by atoms with Gasteiger partial charge in [-0.2, -0.15) is 13.7 Å². The number of benzene rings is 1. The lowest BCUT2D eigenvalue weighted by Crippen LogP contribution is -2.49. The van der Waals surface area contributed by atoms with Gasteiger partial charge in [0.1, 0.15) is 36.8 Å². The van der Waals surface area contributed by atoms with Crippen molar-refractivity contribution in [2.75, 3.05) is 70.7 Å². The predicted octanol–water partition coefficient (Wildman–Crippen LogP) is 6.21. The molecule has 9 saturated heterocycles. The van der Waals surface area contributed by atoms with Crippen LogP contribution >= 0.6 is 0 Å². The van der Waals surface area contributed by atoms with Crippen LogP contribution in [0.4, 0.5) is 10.5 Å². The summed E-state index contributed by atoms with van der Waals surface area (Å²) in [5.41, 5.74) is 11.4. The van der Waals surface area contributed by atoms with Gasteiger partial charge in [0.2, 0.25) is 0 Å². The zero-order chi connectivity index (χ0) is 62.0. The van der Waals surface area contributed by atoms with Crippen molar-refractivity contribution in [3.05, 3.63) is 88.5 Å². The Morgan fingerprint density at radius 2 is 1.62 bits per heavy atom. The summed E-state index contributed by atoms with van der Waals surface area (Å²) >= 11 is 0. The maximum atomic E-state index is 14.1. The van der Waals surface area contributed by atoms with Gasteiger partial charge in [-0.05, 0) is 97.4 Å². The fraction of sp³-hybridized carbons (Fsp3) is 0.710. The van der Waals surface area contributed by atoms with Gasteiger partial charge in [-0.3, -0.25) is 9.10 Å². The van der Waals surface area contributed by atoms with Crippen molar-refractivity contribution < 1.29 is 85.1 Å². The molecule has 11 bridgehead atoms. The molecule has 1 amide bonds. The van der Waals surface area contributed by atoms with Gasteiger partial charge in [0.05, 0.1) is 131 Å². The molecule has 88 heavy (non-hydrogen) atoms. The zero-order valence-electron chi connectivity index (χ0n) is 50.3. The Morgan fingerprint density at radius 3 is 2.38 bits per heavy atom. The van der Waals surface area contributed by atoms with E-state index in [-0.39, 0.29) is 161 Å². The van der Waals surface area contributed by atoms with Gasteiger partial charge < -0.3 is 72.4 Å². The van der Waals surface area contributed by atoms with Crippen LogP contribution in [0, 0.1) is 23.2 Å². The van der Waals surface area contributed by atoms with Crippen molar-refractivity contribution >= 4 is 27.6 Å². The Balaban J connectivity index is 0.742. The van der Waals surface area contributed by atoms with E-state index in [4.69, 9.17) is 62.4 Å². The molecule has 482 valence electrons. The van der Waals surface area contributed by atoms with Gasteiger partial charge in [-0.25, -0.2) is 9.78 Å². The fourth-order valence-corrected chi connectivity index (χ4v) is 15.3. The SMILES string of the molecule is C=C1CC2CC[C@]34C[C@H]5OC6C(CC(CCC(O)CC(=O)CC7[C@@H](OC)C(CC(O)CNC(=O)OCc8ccc(N(CCOCCOCCOCCN=[N+]=[N-])S(=O)(=O)c9ccc(C#N)cn9)cc8)O[C@H]7CC7O[C@@H](CCC1O2)C[C@@H](C)C7=C)OC6C5O3)O4. The number of aliphatic hydroxyl groups excluding tert-OH is 2. The molecule has 0 radical (unpaired) electrons. The molecule has 1 aromatic heterocycles. The van der Waals surface area contributed by atoms with Crippen molar-refractivity contribution in [1.82, 2.24) is 10.3 Å². The number of ketones is 1. The molecule has 9 aliphatic rings. The number of hydrogen-bond donors (Lipinski definition) is 3. The molecule has 18 atom stereocenters. The number of amides is 1. The second kappa shape index (κ2) is 30.3. The molecule has 9 aliphatic heterocycles. The average molecular weight is 1250 g/mol. The van der Waals surface area contributed by atoms with Gasteiger partial charge in [0.25, 0.3) is 10.0 Å². The van der Waals surface area contributed by atoms with Crippen LogP contribution in [-0.4, -0.2) is 199 Å². The minimum Gasteiger partial charge on any atom is -0.445 e. The normalized spacial score (nSPS) is 34.3. The van der Waals surface area contributed by atoms with Crippen LogP contribution < -0.4 is 9.62 Å². The number of nitrogens with zero attached hydrogens (tertiary/aromatic N) is 6. The number of alkyl carbamates (subject to hydrolysis) is 1. The maximum Gasteiger partial charge on any atom is 0.407 e. The molecule has 26 heteroatoms. The maximum absolute atomic E-state index is 14.1. The van der Waals surface area contributed by atoms with Crippen molar-refractivity contribution in [3.8, 4) is 6.07 Å². The number of rotatable bonds is 22. The number of carbonyl (C=O) groups excluding carboxylic acids is 2. The van der Waals surface area contributed by atoms with Gasteiger partial charge >= 0.3 is 6.09 Å². The number of sulfonamides is 1. The number of carbonyl (C=O) groups is 2. The highest BCUT2D eigenvalue weighted by atomic mass is 32.2. The summed E-state index contributed by atoms with van der Waals surface area (Å²) in [6, 6.07) is 10.9. The predicted molar refractivity (Wildman–Crippen MR) is 314 cm³/mol. The number of fused-ring (bicyclic) bond motifs is 6. The van der Waals surface area contributed by atoms with E-state index >= 15 is 0 Å². The minimum absolute atomic E-state index is 0.00593. The van der Waals surface area contributed by atoms with E-state index in [1.54, 1.807) is 31.4 Å². The van der Waals surface area contributed by atoms with Crippen molar-refractivity contribution in [1.29, 1.82) is 5.26 Å². The van der Waals surface area contributed by atoms with Crippen molar-refractivity contribution in [3.63, 3.8) is 0 Å². The Bertz CT molecular complexity index is 2920. The number of nitrogens with one attached hydrogen (secondary N) is 1. The molecule has 25 nitrogen and oxygen atoms in total. The smallest absolute Gasteiger partial charge is 0.407 e. The van der Waals surface area contributed by atoms with E-state index in [0.29, 0.717) is 50.7 Å². The summed E-state index contributed by atoms with van der Waals surface area (Å²) in [4.78, 5) is 34.0. The molecule has 1 spiro atoms. The number of nitriles is 1. The molecule has 12 unspecified atom stereocenters. The first-order chi connectivity index (χ1) is 42.5. The van der Waals surface area contributed by atoms with E-state index in [9.17, 15) is 33.5 Å². The Labute approximate surface area is 514 Å². The summed E-state index contributed by atoms with van der Waals surface area (Å²) in [5, 5.41) is 37.9. The summed E-state index contributed by atoms with van der Waals surface area (Å²) in [5.74, 6) is -1.25. The standard InChI is InChI=1S/C62H85N7O18S/c1-37-25-46-12-13-50-38(2)26-48(81-50)15-16-62-32-55-59(87-62)60-58(85-55)54(86-62)30-47(83-60)11-10-43(70)27-44(71)28-49-52(31-51(82-46)39(37)3)84-53(57(49)76-4)29-45(72)35-66-61(73)80-36-40-5-8-42(9-6-40)69(88(74,75)56-14-7-41(33-63)34-65-56)18-20-78-22-24-79-23-21-77-19-17-67-68-64/h5-9,14,34,37,43,45-55,57-60,70,72H,2-3,10-13,15-32,35-36H2,1,4H3,(H,66,73)/t37-,43?,45?,46+,47?,48?,49?,50?,51?,52+,53?,54?,55-,57-,58?,59?,60?,62-/m1/s1. The number of aliphatic hydroxyl groups is 2. The Hall–Kier alpha value is -5.18. The Morgan fingerprint density at radius 1 is 0.875 bits per heavy atom. The number of anilines is 1. The van der Waals surface area contributed by atoms with Crippen molar-refractivity contribution in [2.45, 2.75) is 206 Å². The number of pyridine rings is 1. The van der Waals surface area contributed by atoms with E-state index in [0.717, 1.165) is 47.6 Å². The minimum atomic E-state index is -4.24. The first-order valence-corrected chi connectivity index (χ1v) is 32.5. The van der Waals surface area contributed by atoms with Gasteiger partial charge in [-0.1, -0.05) is 37.3 Å². The van der Waals surface area contributed by atoms with Crippen LogP contribution in [0.2, 0.25) is 0 Å². The third-order valence-corrected chi connectivity index (χ3v) is 20.1. The monoisotopic (exact) mass is 1250 g/mol. The molecule has 9 fully saturated rings. The highest BCUT2D eigenvalue weighted by Crippen LogP contribution is 2.53. The first-order valence-electron chi connectivity index (χ1n) is 31.0. The summed E-state index contributed by atoms with van der Waals surface area (Å²) < 4.78 is 104. The molecule has 10 heterocycles. The van der Waals surface area contributed by atoms with E-state index < -0.39 is 64.4 Å². The number of ether oxygens (including phenoxy) is 12. The first kappa shape index (κ1) is 65.8. The van der Waals surface area contributed by atoms with Crippen molar-refractivity contribution in [2.24, 2.45) is 17.0 Å². The van der Waals surface area contributed by atoms with Gasteiger partial charge in [0.15, 0.2) is 10.8 Å². The molecule has 0 aliphatic carbocycles. The molecule has 0 saturated carbocycles. The summed E-state index contributed by atoms with van der Waals surface area (Å²) in [7, 11) is -2.69. The van der Waals surface area contributed by atoms with Crippen LogP contribution in [0.5, 0.6) is 0 Å². The topological polar surface area (TPSA) is 320 Å². The zero-order valence-corrected chi connectivity index (χ0v) is 51.1. The van der Waals surface area contributed by atoms with Gasteiger partial charge in [-0.15, -0.1) is 0 Å². The quantitative estimate of drug-likeness (QED) is 0.0388. The number of aromatic nitrogens is 1. The second-order valence-corrected chi connectivity index (χ2v) is 26.3. The summed E-state index contributed by atoms with van der Waals surface area (Å²) in [6.07, 6.45) is 1.61. The highest BCUT2D eigenvalue weighted by molar-refractivity contribution is 7.92. The third kappa shape index (κ3) is 16.3.